The van der Waals surface area contributed by atoms with E-state index in [1.54, 1.807) is 29.8 Å². The van der Waals surface area contributed by atoms with Crippen LogP contribution in [0.4, 0.5) is 0 Å². The molecule has 0 fully saturated rings. The number of hydrogen-bond donors (Lipinski definition) is 2. The predicted octanol–water partition coefficient (Wildman–Crippen LogP) is 2.56. The number of hydrazine groups is 1. The topological polar surface area (TPSA) is 71.1 Å². The summed E-state index contributed by atoms with van der Waals surface area (Å²) >= 11 is 1.31. The van der Waals surface area contributed by atoms with E-state index in [0.29, 0.717) is 4.88 Å². The largest absolute Gasteiger partial charge is 0.288 e. The molecule has 0 aromatic carbocycles. The van der Waals surface area contributed by atoms with E-state index in [1.807, 2.05) is 6.07 Å². The number of aromatic nitrogens is 1. The molecule has 5 nitrogen and oxygen atoms in total. The molecule has 0 aliphatic heterocycles. The summed E-state index contributed by atoms with van der Waals surface area (Å²) in [4.78, 5) is 28.2. The Hall–Kier alpha value is -2.21. The lowest BCUT2D eigenvalue weighted by Crippen LogP contribution is -2.41. The minimum atomic E-state index is -0.429. The van der Waals surface area contributed by atoms with Crippen molar-refractivity contribution in [1.29, 1.82) is 0 Å². The van der Waals surface area contributed by atoms with Gasteiger partial charge in [-0.25, -0.2) is 0 Å². The fourth-order valence-electron chi connectivity index (χ4n) is 1.73. The van der Waals surface area contributed by atoms with Gasteiger partial charge in [-0.1, -0.05) is 25.5 Å². The molecule has 0 aliphatic rings. The number of carbonyl (C=O) groups excluding carboxylic acids is 2. The van der Waals surface area contributed by atoms with Gasteiger partial charge in [0.25, 0.3) is 11.8 Å². The van der Waals surface area contributed by atoms with E-state index in [-0.39, 0.29) is 11.6 Å². The summed E-state index contributed by atoms with van der Waals surface area (Å²) in [5.41, 5.74) is 6.11. The van der Waals surface area contributed by atoms with Gasteiger partial charge >= 0.3 is 0 Å². The van der Waals surface area contributed by atoms with Crippen molar-refractivity contribution in [2.45, 2.75) is 26.2 Å². The maximum atomic E-state index is 11.9. The molecule has 2 amide bonds. The molecular formula is C15H17N3O2S. The van der Waals surface area contributed by atoms with E-state index in [0.717, 1.165) is 24.8 Å². The Morgan fingerprint density at radius 1 is 1.19 bits per heavy atom. The normalized spacial score (nSPS) is 10.1. The van der Waals surface area contributed by atoms with E-state index in [9.17, 15) is 9.59 Å². The second-order valence-electron chi connectivity index (χ2n) is 4.54. The molecule has 2 rings (SSSR count). The van der Waals surface area contributed by atoms with Gasteiger partial charge in [-0.05, 0) is 35.9 Å². The summed E-state index contributed by atoms with van der Waals surface area (Å²) < 4.78 is 0. The van der Waals surface area contributed by atoms with Crippen LogP contribution < -0.4 is 10.9 Å². The van der Waals surface area contributed by atoms with Gasteiger partial charge < -0.3 is 0 Å². The van der Waals surface area contributed by atoms with Crippen LogP contribution in [-0.4, -0.2) is 16.8 Å². The number of hydrogen-bond acceptors (Lipinski definition) is 4. The third kappa shape index (κ3) is 4.39. The number of unbranched alkanes of at least 4 members (excludes halogenated alkanes) is 1. The van der Waals surface area contributed by atoms with Crippen molar-refractivity contribution in [1.82, 2.24) is 15.8 Å². The maximum Gasteiger partial charge on any atom is 0.288 e. The zero-order chi connectivity index (χ0) is 15.1. The molecule has 0 radical (unpaired) electrons. The first kappa shape index (κ1) is 15.2. The molecule has 2 N–H and O–H groups in total. The lowest BCUT2D eigenvalue weighted by atomic mass is 10.1. The fraction of sp³-hybridized carbons (Fsp3) is 0.267. The Bertz CT molecular complexity index is 594. The number of aryl methyl sites for hydroxylation is 1. The number of carbonyl (C=O) groups is 2. The summed E-state index contributed by atoms with van der Waals surface area (Å²) in [6, 6.07) is 7.02. The van der Waals surface area contributed by atoms with Crippen molar-refractivity contribution in [3.8, 4) is 0 Å². The highest BCUT2D eigenvalue weighted by molar-refractivity contribution is 7.12. The predicted molar refractivity (Wildman–Crippen MR) is 82.1 cm³/mol. The van der Waals surface area contributed by atoms with Gasteiger partial charge in [0.15, 0.2) is 0 Å². The van der Waals surface area contributed by atoms with Gasteiger partial charge in [0.1, 0.15) is 5.69 Å². The van der Waals surface area contributed by atoms with Crippen LogP contribution >= 0.6 is 11.3 Å². The first-order valence-corrected chi connectivity index (χ1v) is 7.67. The van der Waals surface area contributed by atoms with Crippen molar-refractivity contribution < 1.29 is 9.59 Å². The number of amides is 2. The van der Waals surface area contributed by atoms with Crippen LogP contribution in [0, 0.1) is 0 Å². The molecule has 110 valence electrons. The van der Waals surface area contributed by atoms with Crippen LogP contribution in [-0.2, 0) is 6.42 Å². The summed E-state index contributed by atoms with van der Waals surface area (Å²) in [6.07, 6.45) is 4.88. The minimum absolute atomic E-state index is 0.279. The van der Waals surface area contributed by atoms with Crippen LogP contribution in [0.2, 0.25) is 0 Å². The van der Waals surface area contributed by atoms with Gasteiger partial charge in [-0.15, -0.1) is 11.3 Å². The van der Waals surface area contributed by atoms with Gasteiger partial charge in [0.2, 0.25) is 0 Å². The summed E-state index contributed by atoms with van der Waals surface area (Å²) in [6.45, 7) is 2.13. The molecule has 0 saturated heterocycles. The van der Waals surface area contributed by atoms with Gasteiger partial charge in [0, 0.05) is 6.20 Å². The molecule has 0 spiro atoms. The first-order chi connectivity index (χ1) is 10.2. The molecule has 2 aromatic heterocycles. The molecule has 0 saturated carbocycles. The molecule has 2 heterocycles. The number of pyridine rings is 1. The molecule has 0 unspecified atom stereocenters. The first-order valence-electron chi connectivity index (χ1n) is 6.80. The molecule has 2 aromatic rings. The fourth-order valence-corrected chi connectivity index (χ4v) is 2.35. The Labute approximate surface area is 127 Å². The molecule has 0 atom stereocenters. The highest BCUT2D eigenvalue weighted by atomic mass is 32.1. The maximum absolute atomic E-state index is 11.9. The monoisotopic (exact) mass is 303 g/mol. The third-order valence-corrected chi connectivity index (χ3v) is 3.78. The molecule has 6 heteroatoms. The van der Waals surface area contributed by atoms with E-state index in [2.05, 4.69) is 22.8 Å². The average Bonchev–Trinajstić information content (AvgIpc) is 3.05. The van der Waals surface area contributed by atoms with Crippen molar-refractivity contribution in [2.75, 3.05) is 0 Å². The minimum Gasteiger partial charge on any atom is -0.266 e. The zero-order valence-corrected chi connectivity index (χ0v) is 12.6. The molecular weight excluding hydrogens is 286 g/mol. The smallest absolute Gasteiger partial charge is 0.266 e. The van der Waals surface area contributed by atoms with Crippen LogP contribution in [0.15, 0.2) is 35.8 Å². The number of rotatable bonds is 5. The highest BCUT2D eigenvalue weighted by Gasteiger charge is 2.10. The number of thiophene rings is 1. The standard InChI is InChI=1S/C15H17N3O2S/c1-2-3-5-11-7-8-12(16-10-11)14(19)17-18-15(20)13-6-4-9-21-13/h4,6-10H,2-3,5H2,1H3,(H,17,19)(H,18,20). The van der Waals surface area contributed by atoms with Gasteiger partial charge in [-0.2, -0.15) is 0 Å². The van der Waals surface area contributed by atoms with Crippen LogP contribution in [0.3, 0.4) is 0 Å². The second kappa shape index (κ2) is 7.54. The zero-order valence-electron chi connectivity index (χ0n) is 11.8. The number of nitrogens with one attached hydrogen (secondary N) is 2. The van der Waals surface area contributed by atoms with E-state index in [1.165, 1.54) is 11.3 Å². The van der Waals surface area contributed by atoms with Crippen LogP contribution in [0.1, 0.15) is 45.5 Å². The summed E-state index contributed by atoms with van der Waals surface area (Å²) in [5, 5.41) is 1.80. The Morgan fingerprint density at radius 3 is 2.62 bits per heavy atom. The van der Waals surface area contributed by atoms with Crippen molar-refractivity contribution in [3.05, 3.63) is 52.0 Å². The van der Waals surface area contributed by atoms with Crippen molar-refractivity contribution in [2.24, 2.45) is 0 Å². The quantitative estimate of drug-likeness (QED) is 0.834. The molecule has 21 heavy (non-hydrogen) atoms. The molecule has 0 aliphatic carbocycles. The third-order valence-electron chi connectivity index (χ3n) is 2.91. The van der Waals surface area contributed by atoms with E-state index >= 15 is 0 Å². The van der Waals surface area contributed by atoms with Crippen molar-refractivity contribution in [3.63, 3.8) is 0 Å². The highest BCUT2D eigenvalue weighted by Crippen LogP contribution is 2.07. The van der Waals surface area contributed by atoms with Gasteiger partial charge in [-0.3, -0.25) is 25.4 Å². The Morgan fingerprint density at radius 2 is 2.00 bits per heavy atom. The van der Waals surface area contributed by atoms with E-state index in [4.69, 9.17) is 0 Å². The Kier molecular flexibility index (Phi) is 5.45. The van der Waals surface area contributed by atoms with E-state index < -0.39 is 5.91 Å². The van der Waals surface area contributed by atoms with Gasteiger partial charge in [0.05, 0.1) is 4.88 Å². The lowest BCUT2D eigenvalue weighted by Gasteiger charge is -2.06. The SMILES string of the molecule is CCCCc1ccc(C(=O)NNC(=O)c2cccs2)nc1. The summed E-state index contributed by atoms with van der Waals surface area (Å²) in [7, 11) is 0. The average molecular weight is 303 g/mol. The Balaban J connectivity index is 1.87. The van der Waals surface area contributed by atoms with Crippen LogP contribution in [0.5, 0.6) is 0 Å². The second-order valence-corrected chi connectivity index (χ2v) is 5.49. The van der Waals surface area contributed by atoms with Crippen LogP contribution in [0.25, 0.3) is 0 Å². The lowest BCUT2D eigenvalue weighted by molar-refractivity contribution is 0.0846. The summed E-state index contributed by atoms with van der Waals surface area (Å²) in [5.74, 6) is -0.764. The number of nitrogens with zero attached hydrogens (tertiary/aromatic N) is 1. The molecule has 0 bridgehead atoms. The van der Waals surface area contributed by atoms with Crippen molar-refractivity contribution >= 4 is 23.2 Å².